The molecule has 1 unspecified atom stereocenters. The van der Waals surface area contributed by atoms with Gasteiger partial charge in [0.15, 0.2) is 5.43 Å². The van der Waals surface area contributed by atoms with Crippen molar-refractivity contribution in [2.75, 3.05) is 6.61 Å². The van der Waals surface area contributed by atoms with Gasteiger partial charge in [-0.2, -0.15) is 5.10 Å². The van der Waals surface area contributed by atoms with E-state index in [1.807, 2.05) is 10.8 Å². The van der Waals surface area contributed by atoms with Crippen LogP contribution in [-0.4, -0.2) is 32.4 Å². The van der Waals surface area contributed by atoms with Crippen LogP contribution in [0.5, 0.6) is 5.75 Å². The first-order valence-corrected chi connectivity index (χ1v) is 10.1. The molecule has 0 amide bonds. The molecule has 7 heteroatoms. The molecule has 3 aromatic rings. The Morgan fingerprint density at radius 3 is 2.73 bits per heavy atom. The molecular formula is C23H23N3O4. The number of aromatic nitrogens is 3. The van der Waals surface area contributed by atoms with Gasteiger partial charge >= 0.3 is 5.97 Å². The quantitative estimate of drug-likeness (QED) is 0.678. The van der Waals surface area contributed by atoms with Crippen molar-refractivity contribution in [3.05, 3.63) is 57.6 Å². The topological polar surface area (TPSA) is 97.2 Å². The summed E-state index contributed by atoms with van der Waals surface area (Å²) in [6.07, 6.45) is 6.67. The van der Waals surface area contributed by atoms with Gasteiger partial charge in [-0.3, -0.25) is 9.89 Å². The number of aromatic amines is 1. The van der Waals surface area contributed by atoms with Crippen LogP contribution in [0, 0.1) is 5.41 Å². The van der Waals surface area contributed by atoms with Crippen LogP contribution in [0.15, 0.2) is 35.5 Å². The number of H-pyrrole nitrogens is 1. The van der Waals surface area contributed by atoms with Crippen molar-refractivity contribution in [1.82, 2.24) is 14.8 Å². The van der Waals surface area contributed by atoms with Crippen LogP contribution in [0.4, 0.5) is 0 Å². The highest BCUT2D eigenvalue weighted by atomic mass is 16.5. The number of rotatable bonds is 2. The molecule has 7 nitrogen and oxygen atoms in total. The molecule has 0 bridgehead atoms. The molecule has 1 atom stereocenters. The number of carboxylic acid groups (broad SMARTS) is 1. The first kappa shape index (κ1) is 18.7. The van der Waals surface area contributed by atoms with Crippen molar-refractivity contribution in [1.29, 1.82) is 0 Å². The second-order valence-electron chi connectivity index (χ2n) is 9.08. The number of ether oxygens (including phenoxy) is 1. The van der Waals surface area contributed by atoms with Crippen molar-refractivity contribution in [3.63, 3.8) is 0 Å². The van der Waals surface area contributed by atoms with Gasteiger partial charge in [0.1, 0.15) is 11.3 Å². The summed E-state index contributed by atoms with van der Waals surface area (Å²) >= 11 is 0. The first-order valence-electron chi connectivity index (χ1n) is 10.1. The molecule has 154 valence electrons. The summed E-state index contributed by atoms with van der Waals surface area (Å²) in [5.41, 5.74) is 5.14. The zero-order valence-electron chi connectivity index (χ0n) is 17.2. The van der Waals surface area contributed by atoms with Gasteiger partial charge in [-0.1, -0.05) is 20.8 Å². The van der Waals surface area contributed by atoms with Crippen molar-refractivity contribution < 1.29 is 14.6 Å². The number of nitrogens with one attached hydrogen (secondary N) is 1. The van der Waals surface area contributed by atoms with E-state index < -0.39 is 11.4 Å². The minimum Gasteiger partial charge on any atom is -0.492 e. The maximum atomic E-state index is 12.6. The molecule has 2 aromatic heterocycles. The third-order valence-corrected chi connectivity index (χ3v) is 6.22. The molecule has 0 aliphatic carbocycles. The molecule has 0 fully saturated rings. The van der Waals surface area contributed by atoms with Crippen molar-refractivity contribution in [2.45, 2.75) is 39.7 Å². The summed E-state index contributed by atoms with van der Waals surface area (Å²) in [5.74, 6) is -0.309. The molecule has 2 N–H and O–H groups in total. The van der Waals surface area contributed by atoms with Gasteiger partial charge < -0.3 is 14.4 Å². The lowest BCUT2D eigenvalue weighted by atomic mass is 9.76. The van der Waals surface area contributed by atoms with Gasteiger partial charge in [0.2, 0.25) is 0 Å². The second-order valence-corrected chi connectivity index (χ2v) is 9.08. The molecule has 0 radical (unpaired) electrons. The number of hydrogen-bond acceptors (Lipinski definition) is 4. The highest BCUT2D eigenvalue weighted by Gasteiger charge is 2.37. The zero-order valence-corrected chi connectivity index (χ0v) is 17.2. The van der Waals surface area contributed by atoms with Crippen LogP contribution in [0.2, 0.25) is 0 Å². The Balaban J connectivity index is 1.84. The number of carbonyl (C=O) groups is 1. The minimum absolute atomic E-state index is 0.0168. The monoisotopic (exact) mass is 405 g/mol. The number of aromatic carboxylic acids is 1. The molecule has 0 saturated heterocycles. The van der Waals surface area contributed by atoms with E-state index in [0.29, 0.717) is 6.61 Å². The highest BCUT2D eigenvalue weighted by molar-refractivity contribution is 5.88. The number of benzene rings is 1. The first-order chi connectivity index (χ1) is 14.3. The SMILES string of the molecule is CC(C)(C)C1Cc2c(cc(-c3cn[nH]c3)c3c2CCO3)-c2cc(=O)c(C(=O)O)cn21. The number of fused-ring (bicyclic) bond motifs is 5. The van der Waals surface area contributed by atoms with E-state index in [0.717, 1.165) is 41.0 Å². The van der Waals surface area contributed by atoms with Crippen LogP contribution in [-0.2, 0) is 12.8 Å². The molecule has 0 saturated carbocycles. The van der Waals surface area contributed by atoms with E-state index in [1.54, 1.807) is 6.20 Å². The predicted molar refractivity (Wildman–Crippen MR) is 112 cm³/mol. The molecule has 0 spiro atoms. The number of carboxylic acids is 1. The van der Waals surface area contributed by atoms with E-state index >= 15 is 0 Å². The normalized spacial score (nSPS) is 17.1. The fourth-order valence-corrected chi connectivity index (χ4v) is 4.72. The number of hydrogen-bond donors (Lipinski definition) is 2. The van der Waals surface area contributed by atoms with Gasteiger partial charge in [0, 0.05) is 53.2 Å². The molecule has 2 aliphatic heterocycles. The van der Waals surface area contributed by atoms with Gasteiger partial charge in [-0.15, -0.1) is 0 Å². The van der Waals surface area contributed by atoms with E-state index in [1.165, 1.54) is 23.4 Å². The standard InChI is InChI=1S/C23H23N3O4/c1-23(2,3)20-7-15-13-4-5-30-21(13)14(12-9-24-25-10-12)6-16(15)18-8-19(27)17(22(28)29)11-26(18)20/h6,8-11,20H,4-5,7H2,1-3H3,(H,24,25)(H,28,29). The largest absolute Gasteiger partial charge is 0.492 e. The summed E-state index contributed by atoms with van der Waals surface area (Å²) in [6.45, 7) is 7.05. The van der Waals surface area contributed by atoms with Gasteiger partial charge in [-0.25, -0.2) is 4.79 Å². The van der Waals surface area contributed by atoms with E-state index in [9.17, 15) is 14.7 Å². The van der Waals surface area contributed by atoms with E-state index in [2.05, 4.69) is 37.0 Å². The third-order valence-electron chi connectivity index (χ3n) is 6.22. The fraction of sp³-hybridized carbons (Fsp3) is 0.348. The van der Waals surface area contributed by atoms with Crippen LogP contribution in [0.25, 0.3) is 22.4 Å². The van der Waals surface area contributed by atoms with Crippen LogP contribution in [0.1, 0.15) is 48.3 Å². The van der Waals surface area contributed by atoms with Gasteiger partial charge in [-0.05, 0) is 23.5 Å². The lowest BCUT2D eigenvalue weighted by Crippen LogP contribution is -2.33. The van der Waals surface area contributed by atoms with Gasteiger partial charge in [0.05, 0.1) is 18.5 Å². The molecule has 30 heavy (non-hydrogen) atoms. The second kappa shape index (κ2) is 6.32. The summed E-state index contributed by atoms with van der Waals surface area (Å²) < 4.78 is 8.00. The zero-order chi connectivity index (χ0) is 21.2. The van der Waals surface area contributed by atoms with Crippen molar-refractivity contribution >= 4 is 5.97 Å². The predicted octanol–water partition coefficient (Wildman–Crippen LogP) is 3.68. The Labute approximate surface area is 173 Å². The average molecular weight is 405 g/mol. The highest BCUT2D eigenvalue weighted by Crippen LogP contribution is 2.49. The lowest BCUT2D eigenvalue weighted by molar-refractivity contribution is 0.0693. The minimum atomic E-state index is -1.20. The van der Waals surface area contributed by atoms with Crippen molar-refractivity contribution in [2.24, 2.45) is 5.41 Å². The fourth-order valence-electron chi connectivity index (χ4n) is 4.72. The average Bonchev–Trinajstić information content (AvgIpc) is 3.37. The molecule has 2 aliphatic rings. The summed E-state index contributed by atoms with van der Waals surface area (Å²) in [5, 5.41) is 16.4. The maximum absolute atomic E-state index is 12.6. The summed E-state index contributed by atoms with van der Waals surface area (Å²) in [7, 11) is 0. The molecule has 5 rings (SSSR count). The maximum Gasteiger partial charge on any atom is 0.341 e. The lowest BCUT2D eigenvalue weighted by Gasteiger charge is -2.39. The molecular weight excluding hydrogens is 382 g/mol. The van der Waals surface area contributed by atoms with E-state index in [-0.39, 0.29) is 17.0 Å². The van der Waals surface area contributed by atoms with Gasteiger partial charge in [0.25, 0.3) is 0 Å². The van der Waals surface area contributed by atoms with Crippen LogP contribution < -0.4 is 10.2 Å². The van der Waals surface area contributed by atoms with Crippen LogP contribution in [0.3, 0.4) is 0 Å². The number of nitrogens with zero attached hydrogens (tertiary/aromatic N) is 2. The Kier molecular flexibility index (Phi) is 3.93. The Bertz CT molecular complexity index is 1230. The smallest absolute Gasteiger partial charge is 0.341 e. The number of pyridine rings is 1. The Morgan fingerprint density at radius 1 is 1.27 bits per heavy atom. The van der Waals surface area contributed by atoms with Crippen molar-refractivity contribution in [3.8, 4) is 28.1 Å². The Morgan fingerprint density at radius 2 is 2.07 bits per heavy atom. The van der Waals surface area contributed by atoms with Crippen LogP contribution >= 0.6 is 0 Å². The third kappa shape index (κ3) is 2.69. The molecule has 1 aromatic carbocycles. The summed E-state index contributed by atoms with van der Waals surface area (Å²) in [4.78, 5) is 24.2. The summed E-state index contributed by atoms with van der Waals surface area (Å²) in [6, 6.07) is 3.54. The Hall–Kier alpha value is -3.35. The van der Waals surface area contributed by atoms with E-state index in [4.69, 9.17) is 4.74 Å². The molecule has 4 heterocycles.